The average molecular weight is 442 g/mol. The molecule has 0 radical (unpaired) electrons. The maximum atomic E-state index is 13.2. The fraction of sp³-hybridized carbons (Fsp3) is 0.120. The van der Waals surface area contributed by atoms with Crippen LogP contribution in [-0.4, -0.2) is 35.9 Å². The number of aromatic nitrogens is 2. The minimum absolute atomic E-state index is 0.0303. The van der Waals surface area contributed by atoms with Gasteiger partial charge in [-0.15, -0.1) is 0 Å². The Bertz CT molecular complexity index is 1380. The molecule has 33 heavy (non-hydrogen) atoms. The number of carbonyl (C=O) groups excluding carboxylic acids is 1. The van der Waals surface area contributed by atoms with Gasteiger partial charge < -0.3 is 9.47 Å². The van der Waals surface area contributed by atoms with Gasteiger partial charge in [-0.3, -0.25) is 14.2 Å². The maximum absolute atomic E-state index is 13.2. The van der Waals surface area contributed by atoms with Crippen LogP contribution in [0.1, 0.15) is 21.7 Å². The number of rotatable bonds is 7. The summed E-state index contributed by atoms with van der Waals surface area (Å²) in [6.07, 6.45) is 1.44. The van der Waals surface area contributed by atoms with E-state index in [0.29, 0.717) is 28.0 Å². The largest absolute Gasteiger partial charge is 0.493 e. The molecule has 1 heterocycles. The highest BCUT2D eigenvalue weighted by Crippen LogP contribution is 2.29. The number of nitrogens with zero attached hydrogens (tertiary/aromatic N) is 3. The van der Waals surface area contributed by atoms with Crippen molar-refractivity contribution in [2.24, 2.45) is 5.10 Å². The van der Waals surface area contributed by atoms with Gasteiger partial charge in [-0.25, -0.2) is 10.4 Å². The standard InChI is InChI=1S/C25H22N4O4/c1-32-21-14-8-11-18(22(21)33-2)15-26-28-24(30)23-27-20-13-7-6-12-19(20)25(31)29(23)16-17-9-4-3-5-10-17/h3-15H,16H2,1-2H3,(H,28,30)/b26-15-. The normalized spacial score (nSPS) is 11.0. The molecule has 4 rings (SSSR count). The maximum Gasteiger partial charge on any atom is 0.307 e. The number of benzene rings is 3. The second-order valence-corrected chi connectivity index (χ2v) is 7.11. The molecule has 8 nitrogen and oxygen atoms in total. The van der Waals surface area contributed by atoms with Crippen LogP contribution in [0.15, 0.2) is 82.7 Å². The van der Waals surface area contributed by atoms with E-state index in [1.807, 2.05) is 30.3 Å². The molecule has 4 aromatic rings. The highest BCUT2D eigenvalue weighted by molar-refractivity contribution is 5.94. The van der Waals surface area contributed by atoms with E-state index in [2.05, 4.69) is 15.5 Å². The molecule has 0 saturated heterocycles. The Morgan fingerprint density at radius 2 is 1.76 bits per heavy atom. The minimum Gasteiger partial charge on any atom is -0.493 e. The van der Waals surface area contributed by atoms with E-state index < -0.39 is 5.91 Å². The first-order chi connectivity index (χ1) is 16.1. The molecule has 0 unspecified atom stereocenters. The number of para-hydroxylation sites is 2. The third kappa shape index (κ3) is 4.59. The number of hydrogen-bond acceptors (Lipinski definition) is 6. The summed E-state index contributed by atoms with van der Waals surface area (Å²) in [5, 5.41) is 4.48. The lowest BCUT2D eigenvalue weighted by molar-refractivity contribution is 0.0939. The molecule has 0 bridgehead atoms. The van der Waals surface area contributed by atoms with Gasteiger partial charge in [-0.05, 0) is 29.8 Å². The molecule has 1 amide bonds. The van der Waals surface area contributed by atoms with Crippen LogP contribution in [0.3, 0.4) is 0 Å². The minimum atomic E-state index is -0.605. The Morgan fingerprint density at radius 3 is 2.52 bits per heavy atom. The molecule has 0 saturated carbocycles. The predicted octanol–water partition coefficient (Wildman–Crippen LogP) is 3.23. The van der Waals surface area contributed by atoms with Gasteiger partial charge in [-0.1, -0.05) is 48.5 Å². The number of hydrogen-bond donors (Lipinski definition) is 1. The van der Waals surface area contributed by atoms with Crippen molar-refractivity contribution in [2.75, 3.05) is 14.2 Å². The zero-order valence-electron chi connectivity index (χ0n) is 18.2. The van der Waals surface area contributed by atoms with Crippen molar-refractivity contribution < 1.29 is 14.3 Å². The van der Waals surface area contributed by atoms with Crippen molar-refractivity contribution in [2.45, 2.75) is 6.54 Å². The summed E-state index contributed by atoms with van der Waals surface area (Å²) in [7, 11) is 3.06. The third-order valence-electron chi connectivity index (χ3n) is 5.05. The van der Waals surface area contributed by atoms with Crippen LogP contribution in [0.25, 0.3) is 10.9 Å². The Labute approximate surface area is 190 Å². The Kier molecular flexibility index (Phi) is 6.45. The van der Waals surface area contributed by atoms with Crippen LogP contribution in [0.5, 0.6) is 11.5 Å². The molecule has 1 N–H and O–H groups in total. The highest BCUT2D eigenvalue weighted by Gasteiger charge is 2.17. The number of hydrazone groups is 1. The molecule has 166 valence electrons. The molecule has 1 aromatic heterocycles. The SMILES string of the molecule is COc1cccc(/C=N\NC(=O)c2nc3ccccc3c(=O)n2Cc2ccccc2)c1OC. The van der Waals surface area contributed by atoms with Crippen molar-refractivity contribution in [3.8, 4) is 11.5 Å². The van der Waals surface area contributed by atoms with E-state index in [-0.39, 0.29) is 17.9 Å². The van der Waals surface area contributed by atoms with Crippen LogP contribution >= 0.6 is 0 Å². The summed E-state index contributed by atoms with van der Waals surface area (Å²) < 4.78 is 12.0. The quantitative estimate of drug-likeness (QED) is 0.350. The monoisotopic (exact) mass is 442 g/mol. The van der Waals surface area contributed by atoms with Gasteiger partial charge in [-0.2, -0.15) is 5.10 Å². The summed E-state index contributed by atoms with van der Waals surface area (Å²) >= 11 is 0. The fourth-order valence-electron chi connectivity index (χ4n) is 3.48. The zero-order chi connectivity index (χ0) is 23.2. The number of fused-ring (bicyclic) bond motifs is 1. The fourth-order valence-corrected chi connectivity index (χ4v) is 3.48. The molecule has 0 aliphatic carbocycles. The second kappa shape index (κ2) is 9.78. The number of ether oxygens (including phenoxy) is 2. The van der Waals surface area contributed by atoms with Crippen molar-refractivity contribution in [3.05, 3.63) is 100 Å². The molecule has 3 aromatic carbocycles. The van der Waals surface area contributed by atoms with E-state index in [9.17, 15) is 9.59 Å². The smallest absolute Gasteiger partial charge is 0.307 e. The molecule has 0 aliphatic heterocycles. The Hall–Kier alpha value is -4.46. The summed E-state index contributed by atoms with van der Waals surface area (Å²) in [5.41, 5.74) is 4.10. The first-order valence-corrected chi connectivity index (χ1v) is 10.2. The first-order valence-electron chi connectivity index (χ1n) is 10.2. The Balaban J connectivity index is 1.68. The number of nitrogens with one attached hydrogen (secondary N) is 1. The first kappa shape index (κ1) is 21.8. The van der Waals surface area contributed by atoms with Crippen LogP contribution in [0.2, 0.25) is 0 Å². The summed E-state index contributed by atoms with van der Waals surface area (Å²) in [5.74, 6) is 0.396. The molecular weight excluding hydrogens is 420 g/mol. The van der Waals surface area contributed by atoms with Crippen molar-refractivity contribution >= 4 is 23.0 Å². The zero-order valence-corrected chi connectivity index (χ0v) is 18.2. The highest BCUT2D eigenvalue weighted by atomic mass is 16.5. The van der Waals surface area contributed by atoms with Crippen LogP contribution in [0, 0.1) is 0 Å². The van der Waals surface area contributed by atoms with Crippen LogP contribution < -0.4 is 20.5 Å². The molecule has 0 atom stereocenters. The molecule has 8 heteroatoms. The second-order valence-electron chi connectivity index (χ2n) is 7.11. The lowest BCUT2D eigenvalue weighted by atomic mass is 10.2. The van der Waals surface area contributed by atoms with Gasteiger partial charge in [0, 0.05) is 5.56 Å². The number of methoxy groups -OCH3 is 2. The predicted molar refractivity (Wildman–Crippen MR) is 126 cm³/mol. The summed E-state index contributed by atoms with van der Waals surface area (Å²) in [6, 6.07) is 21.7. The van der Waals surface area contributed by atoms with Gasteiger partial charge in [0.05, 0.1) is 37.9 Å². The van der Waals surface area contributed by atoms with Crippen LogP contribution in [0.4, 0.5) is 0 Å². The van der Waals surface area contributed by atoms with Gasteiger partial charge in [0.2, 0.25) is 5.82 Å². The Morgan fingerprint density at radius 1 is 1.00 bits per heavy atom. The van der Waals surface area contributed by atoms with Gasteiger partial charge in [0.15, 0.2) is 11.5 Å². The average Bonchev–Trinajstić information content (AvgIpc) is 2.86. The van der Waals surface area contributed by atoms with Gasteiger partial charge >= 0.3 is 5.91 Å². The van der Waals surface area contributed by atoms with E-state index >= 15 is 0 Å². The molecule has 0 spiro atoms. The van der Waals surface area contributed by atoms with Crippen LogP contribution in [-0.2, 0) is 6.54 Å². The van der Waals surface area contributed by atoms with E-state index in [0.717, 1.165) is 5.56 Å². The third-order valence-corrected chi connectivity index (χ3v) is 5.05. The number of amides is 1. The van der Waals surface area contributed by atoms with Crippen molar-refractivity contribution in [1.82, 2.24) is 15.0 Å². The lowest BCUT2D eigenvalue weighted by Crippen LogP contribution is -2.32. The number of carbonyl (C=O) groups is 1. The molecular formula is C25H22N4O4. The van der Waals surface area contributed by atoms with Crippen molar-refractivity contribution in [1.29, 1.82) is 0 Å². The van der Waals surface area contributed by atoms with E-state index in [4.69, 9.17) is 9.47 Å². The van der Waals surface area contributed by atoms with E-state index in [1.54, 1.807) is 42.5 Å². The van der Waals surface area contributed by atoms with Gasteiger partial charge in [0.25, 0.3) is 5.56 Å². The lowest BCUT2D eigenvalue weighted by Gasteiger charge is -2.12. The summed E-state index contributed by atoms with van der Waals surface area (Å²) in [6.45, 7) is 0.202. The molecule has 0 aliphatic rings. The van der Waals surface area contributed by atoms with E-state index in [1.165, 1.54) is 25.0 Å². The summed E-state index contributed by atoms with van der Waals surface area (Å²) in [4.78, 5) is 30.6. The van der Waals surface area contributed by atoms with Crippen molar-refractivity contribution in [3.63, 3.8) is 0 Å². The topological polar surface area (TPSA) is 94.8 Å². The molecule has 0 fully saturated rings. The van der Waals surface area contributed by atoms with Gasteiger partial charge in [0.1, 0.15) is 0 Å².